The highest BCUT2D eigenvalue weighted by Gasteiger charge is 2.21. The van der Waals surface area contributed by atoms with Crippen LogP contribution >= 0.6 is 22.6 Å². The lowest BCUT2D eigenvalue weighted by atomic mass is 10.0. The Morgan fingerprint density at radius 3 is 2.48 bits per heavy atom. The fourth-order valence-corrected chi connectivity index (χ4v) is 4.92. The van der Waals surface area contributed by atoms with E-state index >= 15 is 0 Å². The number of rotatable bonds is 15. The predicted molar refractivity (Wildman–Crippen MR) is 181 cm³/mol. The minimum absolute atomic E-state index is 0.225. The number of amides is 3. The number of carbonyl (C=O) groups is 4. The van der Waals surface area contributed by atoms with E-state index in [1.807, 2.05) is 48.5 Å². The quantitative estimate of drug-likeness (QED) is 0.0543. The van der Waals surface area contributed by atoms with E-state index in [0.29, 0.717) is 36.5 Å². The standard InChI is InChI=1S/C33H34IN7O5/c1-2-46-31(43)9-6-18-35-32(44)25-11-14-27(15-12-25)37-33(45)28(20-23-7-4-3-5-8-23)38-30(42)17-13-26-19-24(21-34)10-16-29(26)41-22-36-39-40-41/h3-5,7-8,10-17,19,22,28H,2,6,9,18,20-21H2,1H3,(H,35,44)(H,37,45)(H,38,42)/b17-13+/t28-/m0/s1. The molecule has 0 saturated carbocycles. The number of halogens is 1. The van der Waals surface area contributed by atoms with E-state index in [4.69, 9.17) is 4.74 Å². The summed E-state index contributed by atoms with van der Waals surface area (Å²) in [5.74, 6) is -1.46. The Kier molecular flexibility index (Phi) is 12.9. The van der Waals surface area contributed by atoms with Crippen molar-refractivity contribution >= 4 is 58.0 Å². The van der Waals surface area contributed by atoms with Crippen LogP contribution in [-0.4, -0.2) is 63.1 Å². The molecule has 0 saturated heterocycles. The first kappa shape index (κ1) is 34.0. The van der Waals surface area contributed by atoms with Crippen LogP contribution in [-0.2, 0) is 30.0 Å². The molecule has 0 unspecified atom stereocenters. The monoisotopic (exact) mass is 735 g/mol. The molecule has 0 fully saturated rings. The Labute approximate surface area is 280 Å². The average Bonchev–Trinajstić information content (AvgIpc) is 3.61. The van der Waals surface area contributed by atoms with E-state index in [9.17, 15) is 19.2 Å². The first-order chi connectivity index (χ1) is 22.4. The van der Waals surface area contributed by atoms with Gasteiger partial charge in [-0.2, -0.15) is 4.68 Å². The fraction of sp³-hybridized carbons (Fsp3) is 0.242. The molecule has 1 atom stereocenters. The third kappa shape index (κ3) is 10.3. The smallest absolute Gasteiger partial charge is 0.305 e. The van der Waals surface area contributed by atoms with Crippen molar-refractivity contribution in [1.29, 1.82) is 0 Å². The minimum atomic E-state index is -0.887. The number of hydrogen-bond donors (Lipinski definition) is 3. The molecule has 238 valence electrons. The summed E-state index contributed by atoms with van der Waals surface area (Å²) >= 11 is 2.27. The van der Waals surface area contributed by atoms with Crippen LogP contribution in [0.3, 0.4) is 0 Å². The number of carbonyl (C=O) groups excluding carboxylic acids is 4. The van der Waals surface area contributed by atoms with E-state index in [-0.39, 0.29) is 24.7 Å². The lowest BCUT2D eigenvalue weighted by Gasteiger charge is -2.18. The van der Waals surface area contributed by atoms with Gasteiger partial charge in [-0.15, -0.1) is 5.10 Å². The lowest BCUT2D eigenvalue weighted by molar-refractivity contribution is -0.143. The fourth-order valence-electron chi connectivity index (χ4n) is 4.45. The number of ether oxygens (including phenoxy) is 1. The van der Waals surface area contributed by atoms with Gasteiger partial charge >= 0.3 is 5.97 Å². The number of esters is 1. The van der Waals surface area contributed by atoms with Gasteiger partial charge in [-0.1, -0.05) is 59.0 Å². The van der Waals surface area contributed by atoms with Crippen molar-refractivity contribution in [3.8, 4) is 5.69 Å². The van der Waals surface area contributed by atoms with Crippen molar-refractivity contribution in [1.82, 2.24) is 30.8 Å². The molecule has 0 spiro atoms. The number of alkyl halides is 1. The van der Waals surface area contributed by atoms with Gasteiger partial charge in [0, 0.05) is 46.7 Å². The van der Waals surface area contributed by atoms with Gasteiger partial charge in [0.15, 0.2) is 0 Å². The Morgan fingerprint density at radius 1 is 1.00 bits per heavy atom. The normalized spacial score (nSPS) is 11.5. The zero-order valence-electron chi connectivity index (χ0n) is 25.2. The molecule has 0 aliphatic heterocycles. The Hall–Kier alpha value is -4.92. The average molecular weight is 736 g/mol. The topological polar surface area (TPSA) is 157 Å². The number of nitrogens with zero attached hydrogens (tertiary/aromatic N) is 4. The summed E-state index contributed by atoms with van der Waals surface area (Å²) in [7, 11) is 0. The van der Waals surface area contributed by atoms with Gasteiger partial charge in [-0.25, -0.2) is 0 Å². The second-order valence-corrected chi connectivity index (χ2v) is 10.9. The van der Waals surface area contributed by atoms with Crippen LogP contribution in [0.1, 0.15) is 46.8 Å². The number of nitrogens with one attached hydrogen (secondary N) is 3. The molecular formula is C33H34IN7O5. The van der Waals surface area contributed by atoms with Gasteiger partial charge < -0.3 is 20.7 Å². The van der Waals surface area contributed by atoms with Gasteiger partial charge in [0.2, 0.25) is 11.8 Å². The van der Waals surface area contributed by atoms with Crippen LogP contribution in [0.2, 0.25) is 0 Å². The van der Waals surface area contributed by atoms with Crippen molar-refractivity contribution in [2.75, 3.05) is 18.5 Å². The second kappa shape index (κ2) is 17.5. The molecule has 12 nitrogen and oxygen atoms in total. The molecule has 46 heavy (non-hydrogen) atoms. The van der Waals surface area contributed by atoms with Crippen molar-refractivity contribution in [3.63, 3.8) is 0 Å². The summed E-state index contributed by atoms with van der Waals surface area (Å²) in [4.78, 5) is 50.5. The van der Waals surface area contributed by atoms with Crippen molar-refractivity contribution in [3.05, 3.63) is 107 Å². The maximum Gasteiger partial charge on any atom is 0.305 e. The largest absolute Gasteiger partial charge is 0.466 e. The zero-order valence-corrected chi connectivity index (χ0v) is 27.3. The maximum absolute atomic E-state index is 13.4. The molecule has 4 rings (SSSR count). The zero-order chi connectivity index (χ0) is 32.7. The van der Waals surface area contributed by atoms with Gasteiger partial charge in [0.05, 0.1) is 12.3 Å². The minimum Gasteiger partial charge on any atom is -0.466 e. The first-order valence-electron chi connectivity index (χ1n) is 14.7. The molecular weight excluding hydrogens is 701 g/mol. The summed E-state index contributed by atoms with van der Waals surface area (Å²) in [6, 6.07) is 20.7. The molecule has 0 aliphatic rings. The molecule has 0 radical (unpaired) electrons. The highest BCUT2D eigenvalue weighted by Crippen LogP contribution is 2.19. The van der Waals surface area contributed by atoms with Gasteiger partial charge in [-0.3, -0.25) is 19.2 Å². The number of tetrazole rings is 1. The Balaban J connectivity index is 1.41. The predicted octanol–water partition coefficient (Wildman–Crippen LogP) is 4.05. The molecule has 13 heteroatoms. The van der Waals surface area contributed by atoms with E-state index < -0.39 is 17.9 Å². The van der Waals surface area contributed by atoms with Crippen LogP contribution in [0, 0.1) is 0 Å². The van der Waals surface area contributed by atoms with Crippen LogP contribution in [0.15, 0.2) is 85.2 Å². The molecule has 3 amide bonds. The number of aromatic nitrogens is 4. The summed E-state index contributed by atoms with van der Waals surface area (Å²) in [6.07, 6.45) is 5.48. The third-order valence-electron chi connectivity index (χ3n) is 6.74. The number of benzene rings is 3. The summed E-state index contributed by atoms with van der Waals surface area (Å²) in [5, 5.41) is 19.8. The van der Waals surface area contributed by atoms with Crippen molar-refractivity contribution < 1.29 is 23.9 Å². The van der Waals surface area contributed by atoms with Crippen molar-refractivity contribution in [2.45, 2.75) is 36.7 Å². The third-order valence-corrected chi connectivity index (χ3v) is 7.62. The van der Waals surface area contributed by atoms with Crippen molar-refractivity contribution in [2.24, 2.45) is 0 Å². The second-order valence-electron chi connectivity index (χ2n) is 10.1. The van der Waals surface area contributed by atoms with E-state index in [0.717, 1.165) is 21.1 Å². The molecule has 0 aliphatic carbocycles. The van der Waals surface area contributed by atoms with Gasteiger partial charge in [0.1, 0.15) is 12.4 Å². The van der Waals surface area contributed by atoms with Crippen LogP contribution < -0.4 is 16.0 Å². The number of hydrogen-bond acceptors (Lipinski definition) is 8. The maximum atomic E-state index is 13.4. The van der Waals surface area contributed by atoms with Gasteiger partial charge in [-0.05, 0) is 77.4 Å². The molecule has 0 bridgehead atoms. The SMILES string of the molecule is CCOC(=O)CCCNC(=O)c1ccc(NC(=O)[C@H](Cc2ccccc2)NC(=O)/C=C/c2cc(CI)ccc2-n2cnnn2)cc1. The summed E-state index contributed by atoms with van der Waals surface area (Å²) in [6.45, 7) is 2.39. The van der Waals surface area contributed by atoms with Crippen LogP contribution in [0.4, 0.5) is 5.69 Å². The number of anilines is 1. The summed E-state index contributed by atoms with van der Waals surface area (Å²) < 4.78 is 7.18. The van der Waals surface area contributed by atoms with Gasteiger partial charge in [0.25, 0.3) is 5.91 Å². The van der Waals surface area contributed by atoms with Crippen LogP contribution in [0.25, 0.3) is 11.8 Å². The van der Waals surface area contributed by atoms with Crippen LogP contribution in [0.5, 0.6) is 0 Å². The highest BCUT2D eigenvalue weighted by molar-refractivity contribution is 14.1. The summed E-state index contributed by atoms with van der Waals surface area (Å²) in [5.41, 5.74) is 4.25. The molecule has 3 aromatic carbocycles. The molecule has 1 heterocycles. The lowest BCUT2D eigenvalue weighted by Crippen LogP contribution is -2.44. The molecule has 4 aromatic rings. The van der Waals surface area contributed by atoms with E-state index in [2.05, 4.69) is 54.1 Å². The highest BCUT2D eigenvalue weighted by atomic mass is 127. The Bertz CT molecular complexity index is 1640. The molecule has 1 aromatic heterocycles. The van der Waals surface area contributed by atoms with E-state index in [1.165, 1.54) is 17.1 Å². The Morgan fingerprint density at radius 2 is 1.78 bits per heavy atom. The molecule has 3 N–H and O–H groups in total. The first-order valence-corrected chi connectivity index (χ1v) is 16.2. The van der Waals surface area contributed by atoms with E-state index in [1.54, 1.807) is 37.3 Å².